The van der Waals surface area contributed by atoms with Crippen molar-refractivity contribution in [3.8, 4) is 0 Å². The van der Waals surface area contributed by atoms with E-state index in [0.29, 0.717) is 12.4 Å². The number of hydrogen-bond acceptors (Lipinski definition) is 5. The summed E-state index contributed by atoms with van der Waals surface area (Å²) in [4.78, 5) is 6.46. The van der Waals surface area contributed by atoms with Crippen molar-refractivity contribution < 1.29 is 9.63 Å². The summed E-state index contributed by atoms with van der Waals surface area (Å²) in [5.41, 5.74) is 0. The van der Waals surface area contributed by atoms with Gasteiger partial charge in [-0.25, -0.2) is 0 Å². The zero-order valence-electron chi connectivity index (χ0n) is 9.18. The maximum absolute atomic E-state index is 9.44. The molecule has 84 valence electrons. The van der Waals surface area contributed by atoms with Crippen LogP contribution in [0.2, 0.25) is 0 Å². The van der Waals surface area contributed by atoms with Crippen LogP contribution >= 0.6 is 0 Å². The number of aliphatic hydroxyl groups is 1. The van der Waals surface area contributed by atoms with Gasteiger partial charge in [-0.1, -0.05) is 12.1 Å². The summed E-state index contributed by atoms with van der Waals surface area (Å²) in [6.07, 6.45) is 1.42. The number of aliphatic hydroxyl groups excluding tert-OH is 1. The Bertz CT molecular complexity index is 326. The van der Waals surface area contributed by atoms with Crippen molar-refractivity contribution in [1.29, 1.82) is 0 Å². The summed E-state index contributed by atoms with van der Waals surface area (Å²) in [6.45, 7) is 5.63. The topological polar surface area (TPSA) is 62.4 Å². The first-order chi connectivity index (χ1) is 7.20. The Morgan fingerprint density at radius 1 is 1.67 bits per heavy atom. The first-order valence-electron chi connectivity index (χ1n) is 5.45. The van der Waals surface area contributed by atoms with Gasteiger partial charge in [0.25, 0.3) is 0 Å². The van der Waals surface area contributed by atoms with Crippen LogP contribution in [-0.4, -0.2) is 39.3 Å². The predicted molar refractivity (Wildman–Crippen MR) is 54.3 cm³/mol. The molecule has 1 fully saturated rings. The first kappa shape index (κ1) is 10.6. The van der Waals surface area contributed by atoms with Crippen LogP contribution in [-0.2, 0) is 6.42 Å². The van der Waals surface area contributed by atoms with E-state index in [0.717, 1.165) is 25.2 Å². The summed E-state index contributed by atoms with van der Waals surface area (Å²) in [5.74, 6) is 1.40. The SMILES string of the molecule is CCc1noc(C(C)N2CC[C@@H](O)C2)n1. The van der Waals surface area contributed by atoms with Gasteiger partial charge < -0.3 is 9.63 Å². The standard InChI is InChI=1S/C10H17N3O2/c1-3-9-11-10(15-12-9)7(2)13-5-4-8(14)6-13/h7-8,14H,3-6H2,1-2H3/t7?,8-/m1/s1. The number of aromatic nitrogens is 2. The largest absolute Gasteiger partial charge is 0.392 e. The highest BCUT2D eigenvalue weighted by atomic mass is 16.5. The molecule has 1 unspecified atom stereocenters. The predicted octanol–water partition coefficient (Wildman–Crippen LogP) is 0.760. The quantitative estimate of drug-likeness (QED) is 0.799. The van der Waals surface area contributed by atoms with Gasteiger partial charge in [-0.05, 0) is 13.3 Å². The van der Waals surface area contributed by atoms with Crippen molar-refractivity contribution in [3.63, 3.8) is 0 Å². The third-order valence-corrected chi connectivity index (χ3v) is 2.90. The second-order valence-corrected chi connectivity index (χ2v) is 4.02. The maximum atomic E-state index is 9.44. The van der Waals surface area contributed by atoms with E-state index < -0.39 is 0 Å². The second-order valence-electron chi connectivity index (χ2n) is 4.02. The average molecular weight is 211 g/mol. The molecule has 0 bridgehead atoms. The zero-order chi connectivity index (χ0) is 10.8. The Hall–Kier alpha value is -0.940. The lowest BCUT2D eigenvalue weighted by atomic mass is 10.3. The first-order valence-corrected chi connectivity index (χ1v) is 5.45. The van der Waals surface area contributed by atoms with E-state index in [9.17, 15) is 5.11 Å². The van der Waals surface area contributed by atoms with E-state index in [-0.39, 0.29) is 12.1 Å². The molecule has 2 heterocycles. The van der Waals surface area contributed by atoms with Crippen molar-refractivity contribution >= 4 is 0 Å². The van der Waals surface area contributed by atoms with Gasteiger partial charge in [0, 0.05) is 19.5 Å². The van der Waals surface area contributed by atoms with Crippen LogP contribution in [0.25, 0.3) is 0 Å². The molecular weight excluding hydrogens is 194 g/mol. The van der Waals surface area contributed by atoms with Crippen LogP contribution in [0.5, 0.6) is 0 Å². The maximum Gasteiger partial charge on any atom is 0.243 e. The van der Waals surface area contributed by atoms with Gasteiger partial charge in [-0.2, -0.15) is 4.98 Å². The molecule has 1 aliphatic rings. The Balaban J connectivity index is 2.03. The summed E-state index contributed by atoms with van der Waals surface area (Å²) in [5, 5.41) is 13.3. The van der Waals surface area contributed by atoms with Crippen molar-refractivity contribution in [2.75, 3.05) is 13.1 Å². The molecule has 0 saturated carbocycles. The monoisotopic (exact) mass is 211 g/mol. The van der Waals surface area contributed by atoms with Gasteiger partial charge in [-0.3, -0.25) is 4.90 Å². The highest BCUT2D eigenvalue weighted by Gasteiger charge is 2.28. The van der Waals surface area contributed by atoms with E-state index in [1.54, 1.807) is 0 Å². The molecule has 2 atom stereocenters. The van der Waals surface area contributed by atoms with Crippen LogP contribution in [0.4, 0.5) is 0 Å². The number of nitrogens with zero attached hydrogens (tertiary/aromatic N) is 3. The van der Waals surface area contributed by atoms with Gasteiger partial charge in [0.05, 0.1) is 12.1 Å². The molecule has 1 aromatic rings. The van der Waals surface area contributed by atoms with Gasteiger partial charge in [-0.15, -0.1) is 0 Å². The van der Waals surface area contributed by atoms with Gasteiger partial charge in [0.15, 0.2) is 5.82 Å². The lowest BCUT2D eigenvalue weighted by molar-refractivity contribution is 0.151. The molecule has 1 aliphatic heterocycles. The molecule has 5 heteroatoms. The fraction of sp³-hybridized carbons (Fsp3) is 0.800. The third-order valence-electron chi connectivity index (χ3n) is 2.90. The molecule has 1 saturated heterocycles. The van der Waals surface area contributed by atoms with Crippen LogP contribution in [0.3, 0.4) is 0 Å². The van der Waals surface area contributed by atoms with Crippen LogP contribution in [0, 0.1) is 0 Å². The van der Waals surface area contributed by atoms with Gasteiger partial charge >= 0.3 is 0 Å². The Morgan fingerprint density at radius 3 is 3.00 bits per heavy atom. The minimum atomic E-state index is -0.207. The van der Waals surface area contributed by atoms with E-state index in [4.69, 9.17) is 4.52 Å². The van der Waals surface area contributed by atoms with Gasteiger partial charge in [0.1, 0.15) is 0 Å². The highest BCUT2D eigenvalue weighted by molar-refractivity contribution is 4.93. The number of hydrogen-bond donors (Lipinski definition) is 1. The Kier molecular flexibility index (Phi) is 3.02. The highest BCUT2D eigenvalue weighted by Crippen LogP contribution is 2.23. The van der Waals surface area contributed by atoms with Crippen LogP contribution in [0.15, 0.2) is 4.52 Å². The lowest BCUT2D eigenvalue weighted by Crippen LogP contribution is -2.25. The molecule has 2 rings (SSSR count). The summed E-state index contributed by atoms with van der Waals surface area (Å²) in [6, 6.07) is 0.106. The average Bonchev–Trinajstić information content (AvgIpc) is 2.84. The minimum Gasteiger partial charge on any atom is -0.392 e. The smallest absolute Gasteiger partial charge is 0.243 e. The van der Waals surface area contributed by atoms with Gasteiger partial charge in [0.2, 0.25) is 5.89 Å². The number of aryl methyl sites for hydroxylation is 1. The van der Waals surface area contributed by atoms with E-state index in [1.807, 2.05) is 13.8 Å². The second kappa shape index (κ2) is 4.28. The van der Waals surface area contributed by atoms with Crippen molar-refractivity contribution in [3.05, 3.63) is 11.7 Å². The normalized spacial score (nSPS) is 24.6. The zero-order valence-corrected chi connectivity index (χ0v) is 9.18. The molecule has 0 amide bonds. The summed E-state index contributed by atoms with van der Waals surface area (Å²) >= 11 is 0. The lowest BCUT2D eigenvalue weighted by Gasteiger charge is -2.19. The van der Waals surface area contributed by atoms with E-state index in [1.165, 1.54) is 0 Å². The fourth-order valence-electron chi connectivity index (χ4n) is 1.86. The summed E-state index contributed by atoms with van der Waals surface area (Å²) < 4.78 is 5.18. The molecule has 1 N–H and O–H groups in total. The van der Waals surface area contributed by atoms with E-state index >= 15 is 0 Å². The van der Waals surface area contributed by atoms with Crippen molar-refractivity contribution in [2.45, 2.75) is 38.8 Å². The molecule has 15 heavy (non-hydrogen) atoms. The molecule has 0 aliphatic carbocycles. The minimum absolute atomic E-state index is 0.106. The molecule has 0 radical (unpaired) electrons. The fourth-order valence-corrected chi connectivity index (χ4v) is 1.86. The van der Waals surface area contributed by atoms with E-state index in [2.05, 4.69) is 15.0 Å². The number of β-amino-alcohol motifs (C(OH)–C–C–N with tert-alkyl or cyclic N) is 1. The third kappa shape index (κ3) is 2.18. The number of likely N-dealkylation sites (tertiary alicyclic amines) is 1. The number of rotatable bonds is 3. The molecule has 0 spiro atoms. The van der Waals surface area contributed by atoms with Crippen molar-refractivity contribution in [2.24, 2.45) is 0 Å². The molecule has 0 aromatic carbocycles. The molecular formula is C10H17N3O2. The summed E-state index contributed by atoms with van der Waals surface area (Å²) in [7, 11) is 0. The van der Waals surface area contributed by atoms with Crippen molar-refractivity contribution in [1.82, 2.24) is 15.0 Å². The molecule has 5 nitrogen and oxygen atoms in total. The Morgan fingerprint density at radius 2 is 2.47 bits per heavy atom. The Labute approximate surface area is 89.1 Å². The van der Waals surface area contributed by atoms with Crippen LogP contribution < -0.4 is 0 Å². The molecule has 1 aromatic heterocycles. The van der Waals surface area contributed by atoms with Crippen LogP contribution in [0.1, 0.15) is 38.0 Å².